The molecule has 0 atom stereocenters. The summed E-state index contributed by atoms with van der Waals surface area (Å²) in [5.74, 6) is -0.878. The summed E-state index contributed by atoms with van der Waals surface area (Å²) in [5, 5.41) is 14.8. The molecule has 3 aromatic rings. The first kappa shape index (κ1) is 15.6. The second-order valence-corrected chi connectivity index (χ2v) is 6.61. The van der Waals surface area contributed by atoms with Crippen LogP contribution in [0.2, 0.25) is 0 Å². The van der Waals surface area contributed by atoms with Gasteiger partial charge < -0.3 is 5.11 Å². The Morgan fingerprint density at radius 3 is 2.88 bits per heavy atom. The van der Waals surface area contributed by atoms with Gasteiger partial charge in [0.1, 0.15) is 0 Å². The lowest BCUT2D eigenvalue weighted by Gasteiger charge is -2.21. The number of aromatic carboxylic acids is 1. The van der Waals surface area contributed by atoms with Crippen LogP contribution in [0.15, 0.2) is 30.6 Å². The molecule has 2 heterocycles. The van der Waals surface area contributed by atoms with E-state index in [9.17, 15) is 9.90 Å². The van der Waals surface area contributed by atoms with Crippen molar-refractivity contribution in [3.63, 3.8) is 0 Å². The third-order valence-corrected chi connectivity index (χ3v) is 4.70. The van der Waals surface area contributed by atoms with Crippen molar-refractivity contribution in [2.45, 2.75) is 26.2 Å². The van der Waals surface area contributed by atoms with Gasteiger partial charge in [-0.05, 0) is 55.5 Å². The molecule has 2 aromatic heterocycles. The zero-order valence-electron chi connectivity index (χ0n) is 14.3. The van der Waals surface area contributed by atoms with Crippen LogP contribution >= 0.6 is 0 Å². The minimum atomic E-state index is -0.878. The highest BCUT2D eigenvalue weighted by Crippen LogP contribution is 2.36. The van der Waals surface area contributed by atoms with Crippen LogP contribution in [-0.2, 0) is 13.5 Å². The first-order valence-electron chi connectivity index (χ1n) is 8.39. The molecule has 25 heavy (non-hydrogen) atoms. The van der Waals surface area contributed by atoms with Crippen molar-refractivity contribution < 1.29 is 9.90 Å². The SMILES string of the molecule is Cc1ccc2nc3c(c(C(=O)O)c2c1)CCC/C3=C\c1cnn(C)c1. The highest BCUT2D eigenvalue weighted by atomic mass is 16.4. The van der Waals surface area contributed by atoms with E-state index in [1.807, 2.05) is 44.6 Å². The van der Waals surface area contributed by atoms with Crippen molar-refractivity contribution in [1.29, 1.82) is 0 Å². The van der Waals surface area contributed by atoms with Crippen LogP contribution in [0, 0.1) is 6.92 Å². The quantitative estimate of drug-likeness (QED) is 0.773. The standard InChI is InChI=1S/C20H19N3O2/c1-12-6-7-17-16(8-12)18(20(24)25)15-5-3-4-14(19(15)22-17)9-13-10-21-23(2)11-13/h6-11H,3-5H2,1-2H3,(H,24,25)/b14-9+. The molecule has 0 saturated carbocycles. The van der Waals surface area contributed by atoms with Crippen LogP contribution in [0.25, 0.3) is 22.6 Å². The predicted molar refractivity (Wildman–Crippen MR) is 97.5 cm³/mol. The number of carbonyl (C=O) groups is 1. The Labute approximate surface area is 145 Å². The molecule has 126 valence electrons. The van der Waals surface area contributed by atoms with Gasteiger partial charge in [0, 0.05) is 24.2 Å². The number of carboxylic acids is 1. The van der Waals surface area contributed by atoms with Crippen LogP contribution in [0.3, 0.4) is 0 Å². The van der Waals surface area contributed by atoms with Crippen molar-refractivity contribution in [1.82, 2.24) is 14.8 Å². The molecule has 0 saturated heterocycles. The molecule has 1 aliphatic rings. The normalized spacial score (nSPS) is 15.5. The number of fused-ring (bicyclic) bond motifs is 2. The summed E-state index contributed by atoms with van der Waals surface area (Å²) in [5.41, 5.74) is 5.95. The highest BCUT2D eigenvalue weighted by molar-refractivity contribution is 6.06. The summed E-state index contributed by atoms with van der Waals surface area (Å²) in [6, 6.07) is 5.81. The lowest BCUT2D eigenvalue weighted by Crippen LogP contribution is -2.13. The Hall–Kier alpha value is -2.95. The van der Waals surface area contributed by atoms with E-state index in [1.54, 1.807) is 4.68 Å². The fourth-order valence-electron chi connectivity index (χ4n) is 3.60. The van der Waals surface area contributed by atoms with E-state index in [1.165, 1.54) is 0 Å². The average molecular weight is 333 g/mol. The maximum absolute atomic E-state index is 12.0. The van der Waals surface area contributed by atoms with Gasteiger partial charge in [-0.25, -0.2) is 9.78 Å². The molecule has 0 radical (unpaired) electrons. The zero-order valence-corrected chi connectivity index (χ0v) is 14.3. The number of hydrogen-bond donors (Lipinski definition) is 1. The largest absolute Gasteiger partial charge is 0.478 e. The summed E-state index contributed by atoms with van der Waals surface area (Å²) in [6.45, 7) is 1.97. The Kier molecular flexibility index (Phi) is 3.64. The molecule has 1 aromatic carbocycles. The molecule has 5 heteroatoms. The van der Waals surface area contributed by atoms with E-state index < -0.39 is 5.97 Å². The summed E-state index contributed by atoms with van der Waals surface area (Å²) >= 11 is 0. The van der Waals surface area contributed by atoms with Crippen LogP contribution in [-0.4, -0.2) is 25.8 Å². The molecule has 0 spiro atoms. The lowest BCUT2D eigenvalue weighted by atomic mass is 9.86. The van der Waals surface area contributed by atoms with Crippen molar-refractivity contribution in [3.8, 4) is 0 Å². The third-order valence-electron chi connectivity index (χ3n) is 4.70. The zero-order chi connectivity index (χ0) is 17.6. The monoisotopic (exact) mass is 333 g/mol. The summed E-state index contributed by atoms with van der Waals surface area (Å²) in [4.78, 5) is 16.8. The minimum absolute atomic E-state index is 0.403. The predicted octanol–water partition coefficient (Wildman–Crippen LogP) is 3.85. The Bertz CT molecular complexity index is 1030. The Morgan fingerprint density at radius 1 is 1.32 bits per heavy atom. The number of aromatic nitrogens is 3. The van der Waals surface area contributed by atoms with Gasteiger partial charge in [0.25, 0.3) is 0 Å². The Morgan fingerprint density at radius 2 is 2.16 bits per heavy atom. The number of rotatable bonds is 2. The van der Waals surface area contributed by atoms with E-state index in [-0.39, 0.29) is 0 Å². The number of nitrogens with zero attached hydrogens (tertiary/aromatic N) is 3. The number of allylic oxidation sites excluding steroid dienone is 1. The van der Waals surface area contributed by atoms with Gasteiger partial charge in [-0.1, -0.05) is 11.6 Å². The second kappa shape index (κ2) is 5.84. The van der Waals surface area contributed by atoms with Gasteiger partial charge in [-0.15, -0.1) is 0 Å². The van der Waals surface area contributed by atoms with E-state index in [0.29, 0.717) is 5.56 Å². The number of pyridine rings is 1. The van der Waals surface area contributed by atoms with Gasteiger partial charge >= 0.3 is 5.97 Å². The Balaban J connectivity index is 1.99. The first-order valence-corrected chi connectivity index (χ1v) is 8.39. The minimum Gasteiger partial charge on any atom is -0.478 e. The highest BCUT2D eigenvalue weighted by Gasteiger charge is 2.25. The van der Waals surface area contributed by atoms with Gasteiger partial charge in [-0.3, -0.25) is 4.68 Å². The molecule has 0 unspecified atom stereocenters. The molecule has 0 aliphatic heterocycles. The maximum Gasteiger partial charge on any atom is 0.336 e. The van der Waals surface area contributed by atoms with Crippen molar-refractivity contribution in [3.05, 3.63) is 58.5 Å². The van der Waals surface area contributed by atoms with Crippen LogP contribution in [0.4, 0.5) is 0 Å². The van der Waals surface area contributed by atoms with Gasteiger partial charge in [0.15, 0.2) is 0 Å². The molecular formula is C20H19N3O2. The van der Waals surface area contributed by atoms with Crippen LogP contribution in [0.5, 0.6) is 0 Å². The number of carboxylic acid groups (broad SMARTS) is 1. The van der Waals surface area contributed by atoms with E-state index >= 15 is 0 Å². The molecule has 4 rings (SSSR count). The maximum atomic E-state index is 12.0. The number of hydrogen-bond acceptors (Lipinski definition) is 3. The van der Waals surface area contributed by atoms with Crippen molar-refractivity contribution in [2.24, 2.45) is 7.05 Å². The fraction of sp³-hybridized carbons (Fsp3) is 0.250. The van der Waals surface area contributed by atoms with Crippen molar-refractivity contribution in [2.75, 3.05) is 0 Å². The molecule has 1 aliphatic carbocycles. The molecule has 1 N–H and O–H groups in total. The molecule has 0 amide bonds. The number of aryl methyl sites for hydroxylation is 2. The van der Waals surface area contributed by atoms with Crippen LogP contribution < -0.4 is 0 Å². The third kappa shape index (κ3) is 2.71. The first-order chi connectivity index (χ1) is 12.0. The van der Waals surface area contributed by atoms with Gasteiger partial charge in [-0.2, -0.15) is 5.10 Å². The summed E-state index contributed by atoms with van der Waals surface area (Å²) in [7, 11) is 1.88. The topological polar surface area (TPSA) is 68.0 Å². The summed E-state index contributed by atoms with van der Waals surface area (Å²) in [6.07, 6.45) is 8.40. The lowest BCUT2D eigenvalue weighted by molar-refractivity contribution is 0.0697. The number of benzene rings is 1. The van der Waals surface area contributed by atoms with E-state index in [4.69, 9.17) is 4.98 Å². The van der Waals surface area contributed by atoms with Gasteiger partial charge in [0.2, 0.25) is 0 Å². The smallest absolute Gasteiger partial charge is 0.336 e. The molecule has 5 nitrogen and oxygen atoms in total. The fourth-order valence-corrected chi connectivity index (χ4v) is 3.60. The van der Waals surface area contributed by atoms with Crippen molar-refractivity contribution >= 4 is 28.5 Å². The van der Waals surface area contributed by atoms with E-state index in [0.717, 1.165) is 58.1 Å². The average Bonchev–Trinajstić information content (AvgIpc) is 2.98. The molecule has 0 bridgehead atoms. The molecular weight excluding hydrogens is 314 g/mol. The molecule has 0 fully saturated rings. The summed E-state index contributed by atoms with van der Waals surface area (Å²) < 4.78 is 1.76. The van der Waals surface area contributed by atoms with E-state index in [2.05, 4.69) is 11.2 Å². The van der Waals surface area contributed by atoms with Gasteiger partial charge in [0.05, 0.1) is 23.0 Å². The van der Waals surface area contributed by atoms with Crippen LogP contribution in [0.1, 0.15) is 45.6 Å². The second-order valence-electron chi connectivity index (χ2n) is 6.61.